The quantitative estimate of drug-likeness (QED) is 0.587. The van der Waals surface area contributed by atoms with Gasteiger partial charge in [-0.3, -0.25) is 19.5 Å². The molecule has 0 amide bonds. The van der Waals surface area contributed by atoms with Crippen LogP contribution in [0.1, 0.15) is 11.7 Å². The average Bonchev–Trinajstić information content (AvgIpc) is 2.51. The number of non-ortho nitro benzene ring substituents is 1. The number of nitro groups is 1. The Bertz CT molecular complexity index is 600. The van der Waals surface area contributed by atoms with Crippen LogP contribution in [0.3, 0.4) is 0 Å². The van der Waals surface area contributed by atoms with Crippen LogP contribution >= 0.6 is 0 Å². The van der Waals surface area contributed by atoms with Crippen molar-refractivity contribution in [1.82, 2.24) is 4.57 Å². The highest BCUT2D eigenvalue weighted by Crippen LogP contribution is 2.27. The largest absolute Gasteiger partial charge is 0.494 e. The van der Waals surface area contributed by atoms with Crippen molar-refractivity contribution in [3.05, 3.63) is 34.4 Å². The third-order valence-corrected chi connectivity index (χ3v) is 2.29. The molecule has 0 aliphatic carbocycles. The van der Waals surface area contributed by atoms with Crippen molar-refractivity contribution < 1.29 is 14.8 Å². The highest BCUT2D eigenvalue weighted by atomic mass is 16.6. The molecule has 0 saturated heterocycles. The summed E-state index contributed by atoms with van der Waals surface area (Å²) in [6.07, 6.45) is 0. The van der Waals surface area contributed by atoms with Crippen LogP contribution in [0.15, 0.2) is 24.3 Å². The number of nitro benzene ring substituents is 1. The Kier molecular flexibility index (Phi) is 2.12. The number of nitrogens with zero attached hydrogens (tertiary/aromatic N) is 2. The molecule has 2 aromatic rings. The molecule has 0 saturated carbocycles. The summed E-state index contributed by atoms with van der Waals surface area (Å²) in [6, 6.07) is 5.37. The van der Waals surface area contributed by atoms with Gasteiger partial charge in [0.1, 0.15) is 0 Å². The van der Waals surface area contributed by atoms with E-state index >= 15 is 0 Å². The molecule has 0 aliphatic heterocycles. The van der Waals surface area contributed by atoms with Gasteiger partial charge in [0.2, 0.25) is 5.91 Å². The molecule has 2 rings (SSSR count). The molecule has 16 heavy (non-hydrogen) atoms. The summed E-state index contributed by atoms with van der Waals surface area (Å²) in [6.45, 7) is 1.31. The van der Waals surface area contributed by atoms with Crippen molar-refractivity contribution >= 4 is 22.5 Å². The number of rotatable bonds is 1. The molecule has 0 bridgehead atoms. The standard InChI is InChI=1S/C10H8N2O4/c1-6(13)11-9-3-2-8(12(15)16)4-7(9)5-10(11)14/h2-5,14H,1H3. The lowest BCUT2D eigenvalue weighted by molar-refractivity contribution is -0.384. The van der Waals surface area contributed by atoms with Gasteiger partial charge < -0.3 is 5.11 Å². The highest BCUT2D eigenvalue weighted by molar-refractivity contribution is 5.94. The van der Waals surface area contributed by atoms with Crippen molar-refractivity contribution in [1.29, 1.82) is 0 Å². The van der Waals surface area contributed by atoms with E-state index in [2.05, 4.69) is 0 Å². The fraction of sp³-hybridized carbons (Fsp3) is 0.100. The Balaban J connectivity index is 2.75. The molecule has 0 spiro atoms. The monoisotopic (exact) mass is 220 g/mol. The van der Waals surface area contributed by atoms with E-state index in [0.29, 0.717) is 10.9 Å². The van der Waals surface area contributed by atoms with E-state index in [1.165, 1.54) is 31.2 Å². The van der Waals surface area contributed by atoms with E-state index in [-0.39, 0.29) is 17.5 Å². The fourth-order valence-electron chi connectivity index (χ4n) is 1.63. The number of carbonyl (C=O) groups excluding carboxylic acids is 1. The van der Waals surface area contributed by atoms with Gasteiger partial charge in [-0.25, -0.2) is 0 Å². The SMILES string of the molecule is CC(=O)n1c(O)cc2cc([N+](=O)[O-])ccc21. The molecule has 0 unspecified atom stereocenters. The van der Waals surface area contributed by atoms with Crippen molar-refractivity contribution in [3.8, 4) is 5.88 Å². The lowest BCUT2D eigenvalue weighted by atomic mass is 10.2. The van der Waals surface area contributed by atoms with Gasteiger partial charge in [-0.1, -0.05) is 0 Å². The zero-order chi connectivity index (χ0) is 11.9. The molecule has 1 heterocycles. The molecule has 0 fully saturated rings. The van der Waals surface area contributed by atoms with Crippen LogP contribution in [0, 0.1) is 10.1 Å². The van der Waals surface area contributed by atoms with Gasteiger partial charge in [-0.15, -0.1) is 0 Å². The first-order valence-electron chi connectivity index (χ1n) is 4.50. The Hall–Kier alpha value is -2.37. The Morgan fingerprint density at radius 1 is 1.44 bits per heavy atom. The normalized spacial score (nSPS) is 10.6. The van der Waals surface area contributed by atoms with E-state index < -0.39 is 4.92 Å². The minimum absolute atomic E-state index is 0.0757. The summed E-state index contributed by atoms with van der Waals surface area (Å²) in [5.74, 6) is -0.565. The Morgan fingerprint density at radius 2 is 2.12 bits per heavy atom. The number of fused-ring (bicyclic) bond motifs is 1. The number of aromatic nitrogens is 1. The number of benzene rings is 1. The van der Waals surface area contributed by atoms with Crippen LogP contribution in [0.4, 0.5) is 5.69 Å². The lowest BCUT2D eigenvalue weighted by Gasteiger charge is -2.00. The van der Waals surface area contributed by atoms with Crippen molar-refractivity contribution in [3.63, 3.8) is 0 Å². The summed E-state index contributed by atoms with van der Waals surface area (Å²) < 4.78 is 1.10. The predicted molar refractivity (Wildman–Crippen MR) is 56.6 cm³/mol. The first-order chi connectivity index (χ1) is 7.50. The summed E-state index contributed by atoms with van der Waals surface area (Å²) in [7, 11) is 0. The highest BCUT2D eigenvalue weighted by Gasteiger charge is 2.14. The predicted octanol–water partition coefficient (Wildman–Crippen LogP) is 1.92. The summed E-state index contributed by atoms with van der Waals surface area (Å²) >= 11 is 0. The van der Waals surface area contributed by atoms with Crippen molar-refractivity contribution in [2.75, 3.05) is 0 Å². The number of hydrogen-bond acceptors (Lipinski definition) is 4. The van der Waals surface area contributed by atoms with Crippen LogP contribution < -0.4 is 0 Å². The van der Waals surface area contributed by atoms with Gasteiger partial charge >= 0.3 is 0 Å². The molecule has 82 valence electrons. The van der Waals surface area contributed by atoms with E-state index in [0.717, 1.165) is 4.57 Å². The van der Waals surface area contributed by atoms with E-state index in [4.69, 9.17) is 0 Å². The minimum Gasteiger partial charge on any atom is -0.494 e. The molecule has 0 atom stereocenters. The second-order valence-electron chi connectivity index (χ2n) is 3.36. The van der Waals surface area contributed by atoms with E-state index in [9.17, 15) is 20.0 Å². The van der Waals surface area contributed by atoms with Gasteiger partial charge in [-0.2, -0.15) is 0 Å². The van der Waals surface area contributed by atoms with E-state index in [1.807, 2.05) is 0 Å². The molecular weight excluding hydrogens is 212 g/mol. The molecule has 1 aromatic carbocycles. The molecule has 0 aliphatic rings. The summed E-state index contributed by atoms with van der Waals surface area (Å²) in [5.41, 5.74) is 0.379. The fourth-order valence-corrected chi connectivity index (χ4v) is 1.63. The van der Waals surface area contributed by atoms with Gasteiger partial charge in [-0.05, 0) is 6.07 Å². The second kappa shape index (κ2) is 3.34. The molecular formula is C10H8N2O4. The van der Waals surface area contributed by atoms with Crippen LogP contribution in [0.2, 0.25) is 0 Å². The van der Waals surface area contributed by atoms with Gasteiger partial charge in [0.05, 0.1) is 10.4 Å². The number of aromatic hydroxyl groups is 1. The Labute approximate surface area is 89.9 Å². The molecule has 0 radical (unpaired) electrons. The minimum atomic E-state index is -0.526. The zero-order valence-electron chi connectivity index (χ0n) is 8.38. The molecule has 1 aromatic heterocycles. The third-order valence-electron chi connectivity index (χ3n) is 2.29. The van der Waals surface area contributed by atoms with Crippen LogP contribution in [0.5, 0.6) is 5.88 Å². The topological polar surface area (TPSA) is 85.4 Å². The smallest absolute Gasteiger partial charge is 0.270 e. The third kappa shape index (κ3) is 1.40. The number of hydrogen-bond donors (Lipinski definition) is 1. The van der Waals surface area contributed by atoms with Crippen LogP contribution in [-0.4, -0.2) is 20.5 Å². The van der Waals surface area contributed by atoms with Crippen molar-refractivity contribution in [2.24, 2.45) is 0 Å². The van der Waals surface area contributed by atoms with Crippen molar-refractivity contribution in [2.45, 2.75) is 6.92 Å². The van der Waals surface area contributed by atoms with Gasteiger partial charge in [0.25, 0.3) is 5.69 Å². The summed E-state index contributed by atoms with van der Waals surface area (Å²) in [5, 5.41) is 20.5. The number of carbonyl (C=O) groups is 1. The van der Waals surface area contributed by atoms with E-state index in [1.54, 1.807) is 0 Å². The molecule has 6 nitrogen and oxygen atoms in total. The maximum Gasteiger partial charge on any atom is 0.270 e. The zero-order valence-corrected chi connectivity index (χ0v) is 8.38. The van der Waals surface area contributed by atoms with Gasteiger partial charge in [0, 0.05) is 30.5 Å². The summed E-state index contributed by atoms with van der Waals surface area (Å²) in [4.78, 5) is 21.2. The first kappa shape index (κ1) is 10.2. The second-order valence-corrected chi connectivity index (χ2v) is 3.36. The maximum absolute atomic E-state index is 11.2. The van der Waals surface area contributed by atoms with Crippen LogP contribution in [0.25, 0.3) is 10.9 Å². The molecule has 6 heteroatoms. The Morgan fingerprint density at radius 3 is 2.69 bits per heavy atom. The first-order valence-corrected chi connectivity index (χ1v) is 4.50. The lowest BCUT2D eigenvalue weighted by Crippen LogP contribution is -2.03. The maximum atomic E-state index is 11.2. The van der Waals surface area contributed by atoms with Gasteiger partial charge in [0.15, 0.2) is 5.88 Å². The average molecular weight is 220 g/mol. The molecule has 1 N–H and O–H groups in total. The van der Waals surface area contributed by atoms with Crippen LogP contribution in [-0.2, 0) is 0 Å².